The first-order valence-corrected chi connectivity index (χ1v) is 11.4. The molecule has 0 aliphatic heterocycles. The summed E-state index contributed by atoms with van der Waals surface area (Å²) in [6, 6.07) is -0.683. The van der Waals surface area contributed by atoms with Crippen molar-refractivity contribution in [2.45, 2.75) is 52.2 Å². The quantitative estimate of drug-likeness (QED) is 0.540. The molecule has 1 N–H and O–H groups in total. The highest BCUT2D eigenvalue weighted by Crippen LogP contribution is 2.15. The van der Waals surface area contributed by atoms with Gasteiger partial charge in [-0.25, -0.2) is 4.79 Å². The molecule has 0 fully saturated rings. The standard InChI is InChI=1S/C14H29NO8S2/c1-7-11(9-21-24(5,17)18)8-12(10-22-25(6,19)20)15-13(16)23-14(2,3)4/h11-12H,7-10H2,1-6H3,(H,15,16)/t11-,12-/m0/s1. The number of amides is 1. The number of nitrogens with one attached hydrogen (secondary N) is 1. The van der Waals surface area contributed by atoms with Crippen LogP contribution >= 0.6 is 0 Å². The van der Waals surface area contributed by atoms with E-state index in [1.807, 2.05) is 6.92 Å². The largest absolute Gasteiger partial charge is 0.444 e. The summed E-state index contributed by atoms with van der Waals surface area (Å²) in [5, 5.41) is 2.55. The van der Waals surface area contributed by atoms with E-state index in [0.29, 0.717) is 6.42 Å². The van der Waals surface area contributed by atoms with Gasteiger partial charge in [0.2, 0.25) is 0 Å². The number of carbonyl (C=O) groups is 1. The number of hydrogen-bond donors (Lipinski definition) is 1. The van der Waals surface area contributed by atoms with E-state index in [1.54, 1.807) is 20.8 Å². The third kappa shape index (κ3) is 15.1. The van der Waals surface area contributed by atoms with Crippen LogP contribution in [0.5, 0.6) is 0 Å². The Morgan fingerprint density at radius 2 is 1.48 bits per heavy atom. The highest BCUT2D eigenvalue weighted by atomic mass is 32.2. The van der Waals surface area contributed by atoms with E-state index in [-0.39, 0.29) is 25.6 Å². The highest BCUT2D eigenvalue weighted by Gasteiger charge is 2.24. The monoisotopic (exact) mass is 403 g/mol. The second kappa shape index (κ2) is 9.70. The van der Waals surface area contributed by atoms with Crippen molar-refractivity contribution in [1.29, 1.82) is 0 Å². The molecule has 0 unspecified atom stereocenters. The zero-order valence-corrected chi connectivity index (χ0v) is 17.2. The van der Waals surface area contributed by atoms with E-state index in [1.165, 1.54) is 0 Å². The second-order valence-electron chi connectivity index (χ2n) is 6.83. The molecule has 0 aromatic carbocycles. The lowest BCUT2D eigenvalue weighted by atomic mass is 9.98. The molecule has 1 amide bonds. The molecule has 150 valence electrons. The molecule has 11 heteroatoms. The normalized spacial score (nSPS) is 15.4. The van der Waals surface area contributed by atoms with Gasteiger partial charge in [-0.2, -0.15) is 16.8 Å². The van der Waals surface area contributed by atoms with Gasteiger partial charge in [0.1, 0.15) is 5.60 Å². The van der Waals surface area contributed by atoms with Crippen molar-refractivity contribution in [2.24, 2.45) is 5.92 Å². The molecular weight excluding hydrogens is 374 g/mol. The number of hydrogen-bond acceptors (Lipinski definition) is 8. The Labute approximate surface area is 150 Å². The first kappa shape index (κ1) is 24.1. The molecule has 0 aromatic rings. The lowest BCUT2D eigenvalue weighted by Gasteiger charge is -2.25. The highest BCUT2D eigenvalue weighted by molar-refractivity contribution is 7.86. The van der Waals surface area contributed by atoms with E-state index in [9.17, 15) is 21.6 Å². The minimum Gasteiger partial charge on any atom is -0.444 e. The van der Waals surface area contributed by atoms with Crippen LogP contribution in [-0.4, -0.2) is 60.3 Å². The van der Waals surface area contributed by atoms with Gasteiger partial charge in [-0.1, -0.05) is 13.3 Å². The summed E-state index contributed by atoms with van der Waals surface area (Å²) in [4.78, 5) is 11.9. The summed E-state index contributed by atoms with van der Waals surface area (Å²) < 4.78 is 59.3. The third-order valence-electron chi connectivity index (χ3n) is 2.92. The molecule has 0 aliphatic rings. The van der Waals surface area contributed by atoms with Crippen LogP contribution in [0.25, 0.3) is 0 Å². The Bertz CT molecular complexity index is 622. The number of alkyl carbamates (subject to hydrolysis) is 1. The van der Waals surface area contributed by atoms with Crippen LogP contribution < -0.4 is 5.32 Å². The maximum atomic E-state index is 11.9. The van der Waals surface area contributed by atoms with E-state index >= 15 is 0 Å². The summed E-state index contributed by atoms with van der Waals surface area (Å²) in [5.74, 6) is -0.224. The fourth-order valence-corrected chi connectivity index (χ4v) is 2.67. The predicted molar refractivity (Wildman–Crippen MR) is 93.1 cm³/mol. The van der Waals surface area contributed by atoms with Gasteiger partial charge >= 0.3 is 6.09 Å². The fourth-order valence-electron chi connectivity index (χ4n) is 1.82. The molecule has 0 saturated carbocycles. The van der Waals surface area contributed by atoms with Crippen molar-refractivity contribution in [3.8, 4) is 0 Å². The molecule has 0 rings (SSSR count). The molecule has 9 nitrogen and oxygen atoms in total. The summed E-state index contributed by atoms with van der Waals surface area (Å²) in [6.07, 6.45) is 1.97. The molecule has 2 atom stereocenters. The van der Waals surface area contributed by atoms with Gasteiger partial charge in [0.05, 0.1) is 31.8 Å². The van der Waals surface area contributed by atoms with Crippen molar-refractivity contribution >= 4 is 26.3 Å². The Morgan fingerprint density at radius 1 is 1.00 bits per heavy atom. The molecule has 0 bridgehead atoms. The lowest BCUT2D eigenvalue weighted by molar-refractivity contribution is 0.0473. The first-order valence-electron chi connectivity index (χ1n) is 7.79. The Morgan fingerprint density at radius 3 is 1.88 bits per heavy atom. The zero-order valence-electron chi connectivity index (χ0n) is 15.6. The van der Waals surface area contributed by atoms with Crippen LogP contribution in [0.3, 0.4) is 0 Å². The number of carbonyl (C=O) groups excluding carboxylic acids is 1. The van der Waals surface area contributed by atoms with Gasteiger partial charge in [0.25, 0.3) is 20.2 Å². The lowest BCUT2D eigenvalue weighted by Crippen LogP contribution is -2.43. The van der Waals surface area contributed by atoms with E-state index in [0.717, 1.165) is 12.5 Å². The summed E-state index contributed by atoms with van der Waals surface area (Å²) in [6.45, 7) is 6.57. The fraction of sp³-hybridized carbons (Fsp3) is 0.929. The van der Waals surface area contributed by atoms with Gasteiger partial charge < -0.3 is 10.1 Å². The second-order valence-corrected chi connectivity index (χ2v) is 10.1. The Balaban J connectivity index is 4.93. The molecule has 0 heterocycles. The zero-order chi connectivity index (χ0) is 19.9. The summed E-state index contributed by atoms with van der Waals surface area (Å²) in [5.41, 5.74) is -0.712. The summed E-state index contributed by atoms with van der Waals surface area (Å²) >= 11 is 0. The van der Waals surface area contributed by atoms with E-state index in [2.05, 4.69) is 5.32 Å². The van der Waals surface area contributed by atoms with E-state index in [4.69, 9.17) is 13.1 Å². The molecule has 0 radical (unpaired) electrons. The third-order valence-corrected chi connectivity index (χ3v) is 4.05. The van der Waals surface area contributed by atoms with Gasteiger partial charge in [0.15, 0.2) is 0 Å². The molecule has 25 heavy (non-hydrogen) atoms. The van der Waals surface area contributed by atoms with Crippen molar-refractivity contribution in [1.82, 2.24) is 5.32 Å². The average molecular weight is 404 g/mol. The van der Waals surface area contributed by atoms with Crippen LogP contribution in [0, 0.1) is 5.92 Å². The van der Waals surface area contributed by atoms with Crippen LogP contribution in [0.1, 0.15) is 40.5 Å². The van der Waals surface area contributed by atoms with Crippen LogP contribution in [-0.2, 0) is 33.3 Å². The smallest absolute Gasteiger partial charge is 0.407 e. The minimum absolute atomic E-state index is 0.0687. The van der Waals surface area contributed by atoms with Gasteiger partial charge in [-0.05, 0) is 33.1 Å². The van der Waals surface area contributed by atoms with Crippen LogP contribution in [0.2, 0.25) is 0 Å². The van der Waals surface area contributed by atoms with Crippen molar-refractivity contribution in [2.75, 3.05) is 25.7 Å². The molecule has 0 aliphatic carbocycles. The SMILES string of the molecule is CC[C@H](COS(C)(=O)=O)C[C@@H](COS(C)(=O)=O)NC(=O)OC(C)(C)C. The Hall–Kier alpha value is -0.910. The van der Waals surface area contributed by atoms with Crippen LogP contribution in [0.15, 0.2) is 0 Å². The number of rotatable bonds is 10. The maximum Gasteiger partial charge on any atom is 0.407 e. The van der Waals surface area contributed by atoms with Gasteiger partial charge in [-0.15, -0.1) is 0 Å². The first-order chi connectivity index (χ1) is 11.1. The maximum absolute atomic E-state index is 11.9. The van der Waals surface area contributed by atoms with Crippen molar-refractivity contribution < 1.29 is 34.7 Å². The number of ether oxygens (including phenoxy) is 1. The minimum atomic E-state index is -3.69. The molecular formula is C14H29NO8S2. The van der Waals surface area contributed by atoms with Gasteiger partial charge in [-0.3, -0.25) is 8.37 Å². The average Bonchev–Trinajstić information content (AvgIpc) is 2.36. The predicted octanol–water partition coefficient (Wildman–Crippen LogP) is 1.25. The Kier molecular flexibility index (Phi) is 9.34. The van der Waals surface area contributed by atoms with Gasteiger partial charge in [0, 0.05) is 0 Å². The van der Waals surface area contributed by atoms with E-state index < -0.39 is 38.0 Å². The van der Waals surface area contributed by atoms with Crippen molar-refractivity contribution in [3.05, 3.63) is 0 Å². The molecule has 0 spiro atoms. The van der Waals surface area contributed by atoms with Crippen LogP contribution in [0.4, 0.5) is 4.79 Å². The topological polar surface area (TPSA) is 125 Å². The molecule has 0 saturated heterocycles. The molecule has 0 aromatic heterocycles. The summed E-state index contributed by atoms with van der Waals surface area (Å²) in [7, 11) is -7.27. The van der Waals surface area contributed by atoms with Crippen molar-refractivity contribution in [3.63, 3.8) is 0 Å².